The van der Waals surface area contributed by atoms with Gasteiger partial charge >= 0.3 is 0 Å². The Labute approximate surface area is 157 Å². The van der Waals surface area contributed by atoms with Gasteiger partial charge in [-0.25, -0.2) is 9.37 Å². The molecule has 0 saturated heterocycles. The smallest absolute Gasteiger partial charge is 0.132 e. The van der Waals surface area contributed by atoms with Gasteiger partial charge in [0.25, 0.3) is 0 Å². The molecule has 0 fully saturated rings. The third-order valence-corrected chi connectivity index (χ3v) is 5.21. The maximum Gasteiger partial charge on any atom is 0.132 e. The Morgan fingerprint density at radius 2 is 2.00 bits per heavy atom. The van der Waals surface area contributed by atoms with Crippen LogP contribution in [0.1, 0.15) is 5.56 Å². The van der Waals surface area contributed by atoms with E-state index in [1.54, 1.807) is 12.4 Å². The second-order valence-electron chi connectivity index (χ2n) is 5.39. The molecule has 4 aromatic rings. The second kappa shape index (κ2) is 6.67. The number of imidazole rings is 1. The maximum absolute atomic E-state index is 13.1. The average molecular weight is 393 g/mol. The largest absolute Gasteiger partial charge is 0.488 e. The third kappa shape index (κ3) is 3.35. The molecule has 0 saturated carbocycles. The zero-order valence-electron chi connectivity index (χ0n) is 12.7. The third-order valence-electron chi connectivity index (χ3n) is 3.72. The summed E-state index contributed by atoms with van der Waals surface area (Å²) in [6.07, 6.45) is 1.76. The Kier molecular flexibility index (Phi) is 4.37. The predicted octanol–water partition coefficient (Wildman–Crippen LogP) is 6.11. The highest BCUT2D eigenvalue weighted by molar-refractivity contribution is 7.12. The summed E-state index contributed by atoms with van der Waals surface area (Å²) in [4.78, 5) is 4.38. The number of aromatic nitrogens is 2. The van der Waals surface area contributed by atoms with Crippen molar-refractivity contribution in [3.63, 3.8) is 0 Å². The van der Waals surface area contributed by atoms with E-state index in [0.717, 1.165) is 21.6 Å². The van der Waals surface area contributed by atoms with Crippen molar-refractivity contribution in [1.82, 2.24) is 9.55 Å². The molecular formula is C18H11Cl2FN2OS. The minimum absolute atomic E-state index is 0.270. The SMILES string of the molecule is Fc1ccc(COc2csc(-n3cnc4ccc(Cl)cc43)c2)c(Cl)c1. The minimum atomic E-state index is -0.364. The second-order valence-corrected chi connectivity index (χ2v) is 7.13. The molecule has 4 rings (SSSR count). The van der Waals surface area contributed by atoms with E-state index < -0.39 is 0 Å². The first-order chi connectivity index (χ1) is 12.1. The lowest BCUT2D eigenvalue weighted by atomic mass is 10.2. The van der Waals surface area contributed by atoms with Gasteiger partial charge in [-0.2, -0.15) is 0 Å². The minimum Gasteiger partial charge on any atom is -0.488 e. The van der Waals surface area contributed by atoms with Crippen molar-refractivity contribution in [2.45, 2.75) is 6.61 Å². The fraction of sp³-hybridized carbons (Fsp3) is 0.0556. The zero-order chi connectivity index (χ0) is 17.4. The Hall–Kier alpha value is -2.08. The molecule has 0 aliphatic rings. The first-order valence-electron chi connectivity index (χ1n) is 7.38. The van der Waals surface area contributed by atoms with Crippen LogP contribution in [0, 0.1) is 5.82 Å². The molecule has 0 bridgehead atoms. The Balaban J connectivity index is 1.56. The van der Waals surface area contributed by atoms with E-state index in [1.807, 2.05) is 34.2 Å². The lowest BCUT2D eigenvalue weighted by Gasteiger charge is -2.06. The van der Waals surface area contributed by atoms with Crippen LogP contribution in [0.5, 0.6) is 5.75 Å². The fourth-order valence-corrected chi connectivity index (χ4v) is 3.67. The monoisotopic (exact) mass is 392 g/mol. The summed E-state index contributed by atoms with van der Waals surface area (Å²) >= 11 is 13.6. The molecule has 2 aromatic heterocycles. The summed E-state index contributed by atoms with van der Waals surface area (Å²) in [7, 11) is 0. The predicted molar refractivity (Wildman–Crippen MR) is 99.7 cm³/mol. The standard InChI is InChI=1S/C18H11Cl2FN2OS/c19-12-2-4-16-17(5-12)23(10-22-16)18-7-14(9-25-18)24-8-11-1-3-13(21)6-15(11)20/h1-7,9-10H,8H2. The van der Waals surface area contributed by atoms with Crippen molar-refractivity contribution in [2.24, 2.45) is 0 Å². The van der Waals surface area contributed by atoms with Crippen molar-refractivity contribution in [3.05, 3.63) is 75.6 Å². The van der Waals surface area contributed by atoms with E-state index in [2.05, 4.69) is 4.98 Å². The van der Waals surface area contributed by atoms with E-state index in [1.165, 1.54) is 23.5 Å². The Morgan fingerprint density at radius 3 is 2.84 bits per heavy atom. The zero-order valence-corrected chi connectivity index (χ0v) is 15.1. The fourth-order valence-electron chi connectivity index (χ4n) is 2.47. The molecule has 0 spiro atoms. The summed E-state index contributed by atoms with van der Waals surface area (Å²) in [6.45, 7) is 0.270. The number of thiophene rings is 1. The Bertz CT molecular complexity index is 1060. The summed E-state index contributed by atoms with van der Waals surface area (Å²) in [5.41, 5.74) is 2.54. The van der Waals surface area contributed by atoms with Crippen molar-refractivity contribution < 1.29 is 9.13 Å². The van der Waals surface area contributed by atoms with E-state index in [-0.39, 0.29) is 12.4 Å². The topological polar surface area (TPSA) is 27.1 Å². The molecule has 0 atom stereocenters. The van der Waals surface area contributed by atoms with Crippen molar-refractivity contribution >= 4 is 45.6 Å². The molecular weight excluding hydrogens is 382 g/mol. The highest BCUT2D eigenvalue weighted by atomic mass is 35.5. The van der Waals surface area contributed by atoms with Gasteiger partial charge in [-0.05, 0) is 30.3 Å². The van der Waals surface area contributed by atoms with Crippen LogP contribution in [0.2, 0.25) is 10.0 Å². The normalized spacial score (nSPS) is 11.2. The maximum atomic E-state index is 13.1. The van der Waals surface area contributed by atoms with Gasteiger partial charge in [0.05, 0.1) is 16.1 Å². The summed E-state index contributed by atoms with van der Waals surface area (Å²) in [6, 6.07) is 11.8. The van der Waals surface area contributed by atoms with Crippen molar-refractivity contribution in [3.8, 4) is 10.8 Å². The molecule has 126 valence electrons. The van der Waals surface area contributed by atoms with Gasteiger partial charge in [0.1, 0.15) is 29.5 Å². The van der Waals surface area contributed by atoms with E-state index >= 15 is 0 Å². The van der Waals surface area contributed by atoms with Gasteiger partial charge in [0.2, 0.25) is 0 Å². The number of hydrogen-bond donors (Lipinski definition) is 0. The van der Waals surface area contributed by atoms with Crippen LogP contribution in [0.15, 0.2) is 54.2 Å². The number of fused-ring (bicyclic) bond motifs is 1. The van der Waals surface area contributed by atoms with Crippen LogP contribution >= 0.6 is 34.5 Å². The van der Waals surface area contributed by atoms with Crippen LogP contribution in [-0.2, 0) is 6.61 Å². The highest BCUT2D eigenvalue weighted by Gasteiger charge is 2.09. The summed E-state index contributed by atoms with van der Waals surface area (Å²) < 4.78 is 20.8. The van der Waals surface area contributed by atoms with Gasteiger partial charge in [-0.1, -0.05) is 29.3 Å². The molecule has 2 aromatic carbocycles. The number of hydrogen-bond acceptors (Lipinski definition) is 3. The van der Waals surface area contributed by atoms with Crippen LogP contribution in [0.4, 0.5) is 4.39 Å². The van der Waals surface area contributed by atoms with Gasteiger partial charge < -0.3 is 4.74 Å². The van der Waals surface area contributed by atoms with E-state index in [4.69, 9.17) is 27.9 Å². The summed E-state index contributed by atoms with van der Waals surface area (Å²) in [5, 5.41) is 3.88. The molecule has 25 heavy (non-hydrogen) atoms. The Morgan fingerprint density at radius 1 is 1.12 bits per heavy atom. The number of benzene rings is 2. The number of rotatable bonds is 4. The van der Waals surface area contributed by atoms with Crippen LogP contribution < -0.4 is 4.74 Å². The molecule has 2 heterocycles. The molecule has 7 heteroatoms. The van der Waals surface area contributed by atoms with Crippen LogP contribution in [0.3, 0.4) is 0 Å². The van der Waals surface area contributed by atoms with Crippen LogP contribution in [0.25, 0.3) is 16.0 Å². The number of ether oxygens (including phenoxy) is 1. The molecule has 0 aliphatic carbocycles. The molecule has 0 radical (unpaired) electrons. The first kappa shape index (κ1) is 16.4. The highest BCUT2D eigenvalue weighted by Crippen LogP contribution is 2.30. The summed E-state index contributed by atoms with van der Waals surface area (Å²) in [5.74, 6) is 0.349. The first-order valence-corrected chi connectivity index (χ1v) is 9.02. The van der Waals surface area contributed by atoms with Crippen molar-refractivity contribution in [2.75, 3.05) is 0 Å². The van der Waals surface area contributed by atoms with Gasteiger partial charge in [-0.15, -0.1) is 11.3 Å². The van der Waals surface area contributed by atoms with E-state index in [9.17, 15) is 4.39 Å². The lowest BCUT2D eigenvalue weighted by molar-refractivity contribution is 0.307. The average Bonchev–Trinajstić information content (AvgIpc) is 3.20. The molecule has 0 amide bonds. The van der Waals surface area contributed by atoms with Crippen LogP contribution in [-0.4, -0.2) is 9.55 Å². The lowest BCUT2D eigenvalue weighted by Crippen LogP contribution is -1.96. The number of halogens is 3. The quantitative estimate of drug-likeness (QED) is 0.418. The molecule has 3 nitrogen and oxygen atoms in total. The van der Waals surface area contributed by atoms with Gasteiger partial charge in [-0.3, -0.25) is 4.57 Å². The van der Waals surface area contributed by atoms with E-state index in [0.29, 0.717) is 15.8 Å². The molecule has 0 N–H and O–H groups in total. The molecule has 0 unspecified atom stereocenters. The number of nitrogens with zero attached hydrogens (tertiary/aromatic N) is 2. The molecule has 0 aliphatic heterocycles. The van der Waals surface area contributed by atoms with Gasteiger partial charge in [0.15, 0.2) is 0 Å². The van der Waals surface area contributed by atoms with Gasteiger partial charge in [0, 0.05) is 22.0 Å². The van der Waals surface area contributed by atoms with Crippen molar-refractivity contribution in [1.29, 1.82) is 0 Å².